The zero-order valence-corrected chi connectivity index (χ0v) is 20.5. The molecule has 0 saturated carbocycles. The Morgan fingerprint density at radius 3 is 2.00 bits per heavy atom. The molecule has 3 rings (SSSR count). The van der Waals surface area contributed by atoms with Gasteiger partial charge in [-0.3, -0.25) is 4.31 Å². The summed E-state index contributed by atoms with van der Waals surface area (Å²) in [7, 11) is -5.56. The van der Waals surface area contributed by atoms with Crippen LogP contribution in [0.25, 0.3) is 0 Å². The van der Waals surface area contributed by atoms with Crippen molar-refractivity contribution in [2.75, 3.05) is 6.26 Å². The van der Waals surface area contributed by atoms with Crippen molar-refractivity contribution in [2.45, 2.75) is 70.1 Å². The summed E-state index contributed by atoms with van der Waals surface area (Å²) >= 11 is 0. The Morgan fingerprint density at radius 1 is 0.966 bits per heavy atom. The van der Waals surface area contributed by atoms with Gasteiger partial charge in [0, 0.05) is 18.0 Å². The van der Waals surface area contributed by atoms with E-state index >= 15 is 0 Å². The molecule has 0 bridgehead atoms. The summed E-state index contributed by atoms with van der Waals surface area (Å²) in [6, 6.07) is 10.1. The van der Waals surface area contributed by atoms with Crippen LogP contribution < -0.4 is 0 Å². The molecule has 4 nitrogen and oxygen atoms in total. The molecule has 1 unspecified atom stereocenters. The third-order valence-corrected chi connectivity index (χ3v) is 13.8. The number of hydrogen-bond donors (Lipinski definition) is 0. The van der Waals surface area contributed by atoms with Gasteiger partial charge in [0.1, 0.15) is 11.8 Å². The summed E-state index contributed by atoms with van der Waals surface area (Å²) in [6.07, 6.45) is 7.26. The summed E-state index contributed by atoms with van der Waals surface area (Å²) in [6.45, 7) is 13.6. The first-order valence-corrected chi connectivity index (χ1v) is 14.6. The predicted octanol–water partition coefficient (Wildman–Crippen LogP) is 5.63. The van der Waals surface area contributed by atoms with Crippen LogP contribution in [-0.2, 0) is 14.4 Å². The molecule has 6 heteroatoms. The molecule has 0 radical (unpaired) electrons. The zero-order valence-electron chi connectivity index (χ0n) is 18.7. The van der Waals surface area contributed by atoms with Gasteiger partial charge in [0.2, 0.25) is 10.0 Å². The summed E-state index contributed by atoms with van der Waals surface area (Å²) < 4.78 is 33.6. The summed E-state index contributed by atoms with van der Waals surface area (Å²) in [5, 5.41) is 0. The lowest BCUT2D eigenvalue weighted by Crippen LogP contribution is -2.49. The summed E-state index contributed by atoms with van der Waals surface area (Å²) in [5.74, 6) is 1.04. The van der Waals surface area contributed by atoms with Crippen LogP contribution in [0.4, 0.5) is 0 Å². The second kappa shape index (κ2) is 7.95. The fraction of sp³-hybridized carbons (Fsp3) is 0.565. The molecule has 29 heavy (non-hydrogen) atoms. The van der Waals surface area contributed by atoms with Gasteiger partial charge < -0.3 is 4.43 Å². The number of benzene rings is 1. The maximum Gasteiger partial charge on any atom is 0.258 e. The average Bonchev–Trinajstić information content (AvgIpc) is 3.19. The van der Waals surface area contributed by atoms with Crippen LogP contribution in [0, 0.1) is 5.92 Å². The number of sulfonamides is 1. The van der Waals surface area contributed by atoms with Crippen molar-refractivity contribution >= 4 is 18.3 Å². The highest BCUT2D eigenvalue weighted by Crippen LogP contribution is 2.50. The van der Waals surface area contributed by atoms with E-state index < -0.39 is 18.3 Å². The van der Waals surface area contributed by atoms with Crippen molar-refractivity contribution in [3.05, 3.63) is 60.0 Å². The number of rotatable bonds is 7. The molecule has 1 aliphatic heterocycles. The minimum absolute atomic E-state index is 0.0697. The Bertz CT molecular complexity index is 868. The third-order valence-electron chi connectivity index (χ3n) is 6.71. The van der Waals surface area contributed by atoms with Crippen molar-refractivity contribution in [1.82, 2.24) is 4.31 Å². The lowest BCUT2D eigenvalue weighted by atomic mass is 9.88. The zero-order chi connectivity index (χ0) is 21.6. The van der Waals surface area contributed by atoms with E-state index in [-0.39, 0.29) is 17.9 Å². The molecule has 1 aromatic rings. The number of fused-ring (bicyclic) bond motifs is 1. The lowest BCUT2D eigenvalue weighted by Gasteiger charge is -2.44. The van der Waals surface area contributed by atoms with Crippen molar-refractivity contribution in [3.8, 4) is 0 Å². The molecule has 160 valence electrons. The Morgan fingerprint density at radius 2 is 1.52 bits per heavy atom. The van der Waals surface area contributed by atoms with Crippen molar-refractivity contribution < 1.29 is 12.8 Å². The maximum absolute atomic E-state index is 12.5. The van der Waals surface area contributed by atoms with Crippen LogP contribution in [0.1, 0.15) is 53.0 Å². The molecule has 0 spiro atoms. The minimum atomic E-state index is -3.37. The first-order chi connectivity index (χ1) is 13.5. The molecule has 0 N–H and O–H groups in total. The molecule has 1 aromatic carbocycles. The number of hydrogen-bond acceptors (Lipinski definition) is 3. The minimum Gasteiger partial charge on any atom is -0.544 e. The van der Waals surface area contributed by atoms with E-state index in [0.29, 0.717) is 16.6 Å². The third kappa shape index (κ3) is 3.81. The van der Waals surface area contributed by atoms with Gasteiger partial charge in [-0.2, -0.15) is 0 Å². The van der Waals surface area contributed by atoms with E-state index in [1.807, 2.05) is 24.3 Å². The van der Waals surface area contributed by atoms with Crippen LogP contribution in [0.15, 0.2) is 54.4 Å². The molecular weight excluding hydrogens is 398 g/mol. The van der Waals surface area contributed by atoms with Crippen LogP contribution in [0.5, 0.6) is 0 Å². The largest absolute Gasteiger partial charge is 0.544 e. The van der Waals surface area contributed by atoms with E-state index in [1.165, 1.54) is 16.1 Å². The van der Waals surface area contributed by atoms with Gasteiger partial charge in [0.25, 0.3) is 8.32 Å². The number of allylic oxidation sites excluding steroid dienone is 1. The SMILES string of the molecule is CC(C)[Si](OC1=CC(c2ccccc2)[C@H]2C=CN(S(C)(=O)=O)[C@@H]12)(C(C)C)C(C)C. The monoisotopic (exact) mass is 433 g/mol. The van der Waals surface area contributed by atoms with Gasteiger partial charge in [-0.15, -0.1) is 0 Å². The highest BCUT2D eigenvalue weighted by Gasteiger charge is 2.52. The highest BCUT2D eigenvalue weighted by atomic mass is 32.2. The van der Waals surface area contributed by atoms with Gasteiger partial charge in [-0.1, -0.05) is 78.0 Å². The van der Waals surface area contributed by atoms with Gasteiger partial charge >= 0.3 is 0 Å². The number of nitrogens with zero attached hydrogens (tertiary/aromatic N) is 1. The van der Waals surface area contributed by atoms with Crippen molar-refractivity contribution in [1.29, 1.82) is 0 Å². The Labute approximate surface area is 177 Å². The van der Waals surface area contributed by atoms with Gasteiger partial charge in [0.15, 0.2) is 0 Å². The molecule has 1 heterocycles. The molecule has 0 aromatic heterocycles. The standard InChI is InChI=1S/C23H35NO3SSi/c1-16(2)29(17(3)4,18(5)6)27-22-15-21(19-11-9-8-10-12-19)20-13-14-24(23(20)22)28(7,25)26/h8-18,20-21,23H,1-7H3/t20-,21?,23-/m1/s1. The van der Waals surface area contributed by atoms with Crippen LogP contribution >= 0.6 is 0 Å². The Kier molecular flexibility index (Phi) is 6.07. The van der Waals surface area contributed by atoms with Gasteiger partial charge in [-0.25, -0.2) is 8.42 Å². The fourth-order valence-corrected chi connectivity index (χ4v) is 11.8. The topological polar surface area (TPSA) is 46.6 Å². The molecule has 3 atom stereocenters. The van der Waals surface area contributed by atoms with Gasteiger partial charge in [0.05, 0.1) is 6.26 Å². The van der Waals surface area contributed by atoms with Gasteiger partial charge in [-0.05, 0) is 28.3 Å². The Hall–Kier alpha value is -1.53. The first kappa shape index (κ1) is 22.2. The van der Waals surface area contributed by atoms with E-state index in [9.17, 15) is 8.42 Å². The average molecular weight is 434 g/mol. The van der Waals surface area contributed by atoms with Crippen molar-refractivity contribution in [3.63, 3.8) is 0 Å². The Balaban J connectivity index is 2.08. The fourth-order valence-electron chi connectivity index (χ4n) is 5.53. The van der Waals surface area contributed by atoms with E-state index in [4.69, 9.17) is 4.43 Å². The van der Waals surface area contributed by atoms with Crippen LogP contribution in [0.2, 0.25) is 16.6 Å². The molecule has 0 amide bonds. The van der Waals surface area contributed by atoms with Crippen LogP contribution in [0.3, 0.4) is 0 Å². The quantitative estimate of drug-likeness (QED) is 0.523. The lowest BCUT2D eigenvalue weighted by molar-refractivity contribution is 0.285. The molecule has 1 aliphatic carbocycles. The van der Waals surface area contributed by atoms with Crippen LogP contribution in [-0.4, -0.2) is 33.3 Å². The van der Waals surface area contributed by atoms with E-state index in [2.05, 4.69) is 59.8 Å². The van der Waals surface area contributed by atoms with E-state index in [1.54, 1.807) is 6.20 Å². The molecule has 2 aliphatic rings. The van der Waals surface area contributed by atoms with E-state index in [0.717, 1.165) is 5.76 Å². The molecule has 0 fully saturated rings. The second-order valence-electron chi connectivity index (χ2n) is 9.38. The molecule has 0 saturated heterocycles. The van der Waals surface area contributed by atoms with Crippen molar-refractivity contribution in [2.24, 2.45) is 5.92 Å². The second-order valence-corrected chi connectivity index (χ2v) is 16.6. The summed E-state index contributed by atoms with van der Waals surface area (Å²) in [5.41, 5.74) is 2.49. The molecular formula is C23H35NO3SSi. The normalized spacial score (nSPS) is 24.6. The maximum atomic E-state index is 12.5. The smallest absolute Gasteiger partial charge is 0.258 e. The first-order valence-electron chi connectivity index (χ1n) is 10.6. The predicted molar refractivity (Wildman–Crippen MR) is 122 cm³/mol. The highest BCUT2D eigenvalue weighted by molar-refractivity contribution is 7.88. The summed E-state index contributed by atoms with van der Waals surface area (Å²) in [4.78, 5) is 0.